The number of thioether (sulfide) groups is 1. The molecule has 0 spiro atoms. The van der Waals surface area contributed by atoms with Crippen molar-refractivity contribution >= 4 is 51.4 Å². The van der Waals surface area contributed by atoms with Gasteiger partial charge in [-0.3, -0.25) is 19.7 Å². The van der Waals surface area contributed by atoms with Crippen LogP contribution < -0.4 is 20.1 Å². The van der Waals surface area contributed by atoms with E-state index in [1.54, 1.807) is 24.3 Å². The maximum atomic E-state index is 12.5. The van der Waals surface area contributed by atoms with E-state index in [4.69, 9.17) is 9.47 Å². The number of rotatable bonds is 7. The summed E-state index contributed by atoms with van der Waals surface area (Å²) >= 11 is 0.844. The lowest BCUT2D eigenvalue weighted by Crippen LogP contribution is -2.20. The SMILES string of the molecule is CCOc1cc(/C=C2\SC(=O)NC2=O)ccc1OCC(=O)Nc1cccc2ccccc12. The van der Waals surface area contributed by atoms with Crippen LogP contribution in [0.3, 0.4) is 0 Å². The van der Waals surface area contributed by atoms with Crippen LogP contribution in [0.2, 0.25) is 0 Å². The highest BCUT2D eigenvalue weighted by Crippen LogP contribution is 2.32. The molecular formula is C24H20N2O5S. The van der Waals surface area contributed by atoms with Crippen molar-refractivity contribution < 1.29 is 23.9 Å². The molecule has 0 unspecified atom stereocenters. The average molecular weight is 449 g/mol. The van der Waals surface area contributed by atoms with Gasteiger partial charge in [0, 0.05) is 11.1 Å². The summed E-state index contributed by atoms with van der Waals surface area (Å²) in [7, 11) is 0. The Morgan fingerprint density at radius 1 is 1.03 bits per heavy atom. The lowest BCUT2D eigenvalue weighted by molar-refractivity contribution is -0.118. The van der Waals surface area contributed by atoms with Gasteiger partial charge in [0.2, 0.25) is 0 Å². The zero-order valence-electron chi connectivity index (χ0n) is 17.2. The molecule has 0 bridgehead atoms. The smallest absolute Gasteiger partial charge is 0.290 e. The van der Waals surface area contributed by atoms with E-state index in [1.165, 1.54) is 0 Å². The molecule has 1 fully saturated rings. The maximum absolute atomic E-state index is 12.5. The quantitative estimate of drug-likeness (QED) is 0.514. The number of nitrogens with one attached hydrogen (secondary N) is 2. The molecule has 0 radical (unpaired) electrons. The molecule has 0 aromatic heterocycles. The highest BCUT2D eigenvalue weighted by Gasteiger charge is 2.25. The van der Waals surface area contributed by atoms with Crippen molar-refractivity contribution in [2.24, 2.45) is 0 Å². The van der Waals surface area contributed by atoms with Crippen LogP contribution in [0.5, 0.6) is 11.5 Å². The van der Waals surface area contributed by atoms with E-state index < -0.39 is 11.1 Å². The minimum atomic E-state index is -0.427. The number of amides is 3. The molecule has 0 aliphatic carbocycles. The number of carbonyl (C=O) groups is 3. The predicted molar refractivity (Wildman–Crippen MR) is 125 cm³/mol. The van der Waals surface area contributed by atoms with Gasteiger partial charge in [0.25, 0.3) is 17.1 Å². The Balaban J connectivity index is 1.46. The van der Waals surface area contributed by atoms with Crippen LogP contribution >= 0.6 is 11.8 Å². The second-order valence-electron chi connectivity index (χ2n) is 6.85. The summed E-state index contributed by atoms with van der Waals surface area (Å²) in [6.07, 6.45) is 1.60. The average Bonchev–Trinajstić information content (AvgIpc) is 3.10. The molecule has 0 saturated carbocycles. The van der Waals surface area contributed by atoms with Gasteiger partial charge in [-0.15, -0.1) is 0 Å². The standard InChI is InChI=1S/C24H20N2O5S/c1-2-30-20-12-15(13-21-23(28)26-24(29)32-21)10-11-19(20)31-14-22(27)25-18-9-5-7-16-6-3-4-8-17(16)18/h3-13H,2,14H2,1H3,(H,25,27)(H,26,28,29)/b21-13-. The Labute approximate surface area is 188 Å². The van der Waals surface area contributed by atoms with Crippen LogP contribution in [-0.4, -0.2) is 30.3 Å². The van der Waals surface area contributed by atoms with E-state index in [9.17, 15) is 14.4 Å². The molecule has 1 aliphatic heterocycles. The number of hydrogen-bond acceptors (Lipinski definition) is 6. The molecule has 3 amide bonds. The Hall–Kier alpha value is -3.78. The Bertz CT molecular complexity index is 1230. The van der Waals surface area contributed by atoms with E-state index in [-0.39, 0.29) is 12.5 Å². The fraction of sp³-hybridized carbons (Fsp3) is 0.125. The van der Waals surface area contributed by atoms with Crippen LogP contribution in [0.1, 0.15) is 12.5 Å². The second-order valence-corrected chi connectivity index (χ2v) is 7.87. The van der Waals surface area contributed by atoms with Crippen molar-refractivity contribution in [2.75, 3.05) is 18.5 Å². The fourth-order valence-electron chi connectivity index (χ4n) is 3.24. The third-order valence-corrected chi connectivity index (χ3v) is 5.44. The number of carbonyl (C=O) groups excluding carboxylic acids is 3. The molecule has 2 N–H and O–H groups in total. The molecule has 1 saturated heterocycles. The third kappa shape index (κ3) is 4.92. The number of benzene rings is 3. The highest BCUT2D eigenvalue weighted by atomic mass is 32.2. The van der Waals surface area contributed by atoms with Gasteiger partial charge in [0.15, 0.2) is 18.1 Å². The fourth-order valence-corrected chi connectivity index (χ4v) is 3.92. The normalized spacial score (nSPS) is 14.5. The summed E-state index contributed by atoms with van der Waals surface area (Å²) < 4.78 is 11.3. The number of ether oxygens (including phenoxy) is 2. The number of anilines is 1. The van der Waals surface area contributed by atoms with Crippen LogP contribution in [0.25, 0.3) is 16.8 Å². The van der Waals surface area contributed by atoms with Crippen LogP contribution in [0.15, 0.2) is 65.6 Å². The first-order chi connectivity index (χ1) is 15.5. The lowest BCUT2D eigenvalue weighted by Gasteiger charge is -2.13. The van der Waals surface area contributed by atoms with Crippen molar-refractivity contribution in [3.8, 4) is 11.5 Å². The summed E-state index contributed by atoms with van der Waals surface area (Å²) in [4.78, 5) is 35.9. The van der Waals surface area contributed by atoms with Gasteiger partial charge < -0.3 is 14.8 Å². The van der Waals surface area contributed by atoms with Gasteiger partial charge in [0.05, 0.1) is 11.5 Å². The van der Waals surface area contributed by atoms with Crippen molar-refractivity contribution in [1.82, 2.24) is 5.32 Å². The van der Waals surface area contributed by atoms with Crippen molar-refractivity contribution in [3.05, 3.63) is 71.1 Å². The summed E-state index contributed by atoms with van der Waals surface area (Å²) in [6, 6.07) is 18.6. The van der Waals surface area contributed by atoms with Gasteiger partial charge >= 0.3 is 0 Å². The van der Waals surface area contributed by atoms with Gasteiger partial charge in [-0.1, -0.05) is 42.5 Å². The van der Waals surface area contributed by atoms with E-state index in [0.717, 1.165) is 22.5 Å². The second kappa shape index (κ2) is 9.57. The first-order valence-electron chi connectivity index (χ1n) is 9.95. The van der Waals surface area contributed by atoms with Crippen molar-refractivity contribution in [2.45, 2.75) is 6.92 Å². The molecule has 3 aromatic carbocycles. The molecule has 7 nitrogen and oxygen atoms in total. The highest BCUT2D eigenvalue weighted by molar-refractivity contribution is 8.18. The van der Waals surface area contributed by atoms with Gasteiger partial charge in [-0.2, -0.15) is 0 Å². The Kier molecular flexibility index (Phi) is 6.42. The first-order valence-corrected chi connectivity index (χ1v) is 10.8. The number of hydrogen-bond donors (Lipinski definition) is 2. The first kappa shape index (κ1) is 21.5. The van der Waals surface area contributed by atoms with Crippen molar-refractivity contribution in [3.63, 3.8) is 0 Å². The largest absolute Gasteiger partial charge is 0.490 e. The van der Waals surface area contributed by atoms with E-state index >= 15 is 0 Å². The molecule has 32 heavy (non-hydrogen) atoms. The number of fused-ring (bicyclic) bond motifs is 1. The molecule has 8 heteroatoms. The Morgan fingerprint density at radius 3 is 2.62 bits per heavy atom. The summed E-state index contributed by atoms with van der Waals surface area (Å²) in [6.45, 7) is 2.03. The molecular weight excluding hydrogens is 428 g/mol. The summed E-state index contributed by atoms with van der Waals surface area (Å²) in [5, 5.41) is 6.68. The molecule has 4 rings (SSSR count). The zero-order chi connectivity index (χ0) is 22.5. The number of imide groups is 1. The zero-order valence-corrected chi connectivity index (χ0v) is 18.0. The topological polar surface area (TPSA) is 93.7 Å². The van der Waals surface area contributed by atoms with Crippen molar-refractivity contribution in [1.29, 1.82) is 0 Å². The minimum Gasteiger partial charge on any atom is -0.490 e. The molecule has 1 heterocycles. The van der Waals surface area contributed by atoms with Crippen LogP contribution in [-0.2, 0) is 9.59 Å². The maximum Gasteiger partial charge on any atom is 0.290 e. The van der Waals surface area contributed by atoms with Gasteiger partial charge in [-0.05, 0) is 53.9 Å². The monoisotopic (exact) mass is 448 g/mol. The van der Waals surface area contributed by atoms with Crippen LogP contribution in [0.4, 0.5) is 10.5 Å². The summed E-state index contributed by atoms with van der Waals surface area (Å²) in [5.41, 5.74) is 1.39. The molecule has 3 aromatic rings. The molecule has 162 valence electrons. The van der Waals surface area contributed by atoms with Crippen LogP contribution in [0, 0.1) is 0 Å². The summed E-state index contributed by atoms with van der Waals surface area (Å²) in [5.74, 6) is 0.118. The van der Waals surface area contributed by atoms with E-state index in [2.05, 4.69) is 10.6 Å². The predicted octanol–water partition coefficient (Wildman–Crippen LogP) is 4.58. The van der Waals surface area contributed by atoms with E-state index in [0.29, 0.717) is 34.3 Å². The molecule has 0 atom stereocenters. The van der Waals surface area contributed by atoms with Gasteiger partial charge in [-0.25, -0.2) is 0 Å². The minimum absolute atomic E-state index is 0.198. The Morgan fingerprint density at radius 2 is 1.84 bits per heavy atom. The van der Waals surface area contributed by atoms with Gasteiger partial charge in [0.1, 0.15) is 0 Å². The third-order valence-electron chi connectivity index (χ3n) is 4.63. The molecule has 1 aliphatic rings. The lowest BCUT2D eigenvalue weighted by atomic mass is 10.1. The van der Waals surface area contributed by atoms with E-state index in [1.807, 2.05) is 49.4 Å².